The molecule has 0 fully saturated rings. The number of nitrogens with zero attached hydrogens (tertiary/aromatic N) is 1. The molecule has 0 aliphatic heterocycles. The maximum Gasteiger partial charge on any atom is 0.361 e. The van der Waals surface area contributed by atoms with Crippen LogP contribution in [0.5, 0.6) is 0 Å². The zero-order valence-electron chi connectivity index (χ0n) is 45.1. The Hall–Kier alpha value is -1.97. The second kappa shape index (κ2) is 50.4. The Morgan fingerprint density at radius 1 is 0.433 bits per heavy atom. The predicted octanol–water partition coefficient (Wildman–Crippen LogP) is 16.6. The molecule has 0 aliphatic rings. The third kappa shape index (κ3) is 51.7. The SMILES string of the molecule is CCCCCCCC/C=C\CCCCCCCC(=O)OC(COC(=O)CCCCCCCCCCCCCCCCCCCCCCCCCCCCC)COC(OCC[N+](C)(C)C)C(=O)O. The molecule has 0 radical (unpaired) electrons. The number of carboxylic acids is 1. The van der Waals surface area contributed by atoms with Gasteiger partial charge in [-0.2, -0.15) is 0 Å². The van der Waals surface area contributed by atoms with Gasteiger partial charge in [-0.25, -0.2) is 4.79 Å². The highest BCUT2D eigenvalue weighted by molar-refractivity contribution is 5.71. The van der Waals surface area contributed by atoms with E-state index < -0.39 is 24.3 Å². The first-order chi connectivity index (χ1) is 32.6. The molecule has 0 aromatic carbocycles. The van der Waals surface area contributed by atoms with Crippen molar-refractivity contribution < 1.29 is 42.9 Å². The number of likely N-dealkylation sites (N-methyl/N-ethyl adjacent to an activating group) is 1. The Kier molecular flexibility index (Phi) is 48.9. The number of carboxylic acid groups (broad SMARTS) is 1. The number of rotatable bonds is 54. The fourth-order valence-electron chi connectivity index (χ4n) is 8.54. The topological polar surface area (TPSA) is 108 Å². The molecule has 9 heteroatoms. The van der Waals surface area contributed by atoms with Gasteiger partial charge in [-0.3, -0.25) is 9.59 Å². The van der Waals surface area contributed by atoms with Crippen LogP contribution in [0.25, 0.3) is 0 Å². The van der Waals surface area contributed by atoms with Crippen molar-refractivity contribution in [2.45, 2.75) is 296 Å². The number of carbonyl (C=O) groups excluding carboxylic acids is 2. The van der Waals surface area contributed by atoms with Gasteiger partial charge in [0.15, 0.2) is 6.10 Å². The molecule has 0 rings (SSSR count). The largest absolute Gasteiger partial charge is 0.477 e. The molecule has 0 bridgehead atoms. The van der Waals surface area contributed by atoms with Crippen LogP contribution in [0.3, 0.4) is 0 Å². The number of allylic oxidation sites excluding steroid dienone is 2. The lowest BCUT2D eigenvalue weighted by atomic mass is 10.0. The molecule has 2 unspecified atom stereocenters. The third-order valence-corrected chi connectivity index (χ3v) is 13.0. The van der Waals surface area contributed by atoms with Gasteiger partial charge in [0.05, 0.1) is 34.4 Å². The Morgan fingerprint density at radius 2 is 0.761 bits per heavy atom. The minimum absolute atomic E-state index is 0.179. The third-order valence-electron chi connectivity index (χ3n) is 13.0. The minimum atomic E-state index is -1.51. The average molecular weight is 952 g/mol. The van der Waals surface area contributed by atoms with Gasteiger partial charge in [-0.15, -0.1) is 0 Å². The molecular weight excluding hydrogens is 839 g/mol. The summed E-state index contributed by atoms with van der Waals surface area (Å²) in [6, 6.07) is 0. The van der Waals surface area contributed by atoms with Crippen molar-refractivity contribution >= 4 is 17.9 Å². The van der Waals surface area contributed by atoms with Crippen molar-refractivity contribution in [3.05, 3.63) is 12.2 Å². The summed E-state index contributed by atoms with van der Waals surface area (Å²) >= 11 is 0. The molecular formula is C58H112NO8+. The first-order valence-electron chi connectivity index (χ1n) is 28.9. The molecule has 396 valence electrons. The van der Waals surface area contributed by atoms with Gasteiger partial charge in [0.1, 0.15) is 13.2 Å². The lowest BCUT2D eigenvalue weighted by Gasteiger charge is -2.25. The van der Waals surface area contributed by atoms with Crippen molar-refractivity contribution in [2.75, 3.05) is 47.5 Å². The van der Waals surface area contributed by atoms with Gasteiger partial charge in [0.25, 0.3) is 6.29 Å². The van der Waals surface area contributed by atoms with E-state index >= 15 is 0 Å². The Bertz CT molecular complexity index is 1110. The van der Waals surface area contributed by atoms with Crippen LogP contribution in [0.15, 0.2) is 12.2 Å². The number of hydrogen-bond donors (Lipinski definition) is 1. The van der Waals surface area contributed by atoms with Crippen LogP contribution in [0.2, 0.25) is 0 Å². The number of unbranched alkanes of at least 4 members (excludes halogenated alkanes) is 37. The molecule has 0 saturated heterocycles. The van der Waals surface area contributed by atoms with E-state index in [-0.39, 0.29) is 32.2 Å². The van der Waals surface area contributed by atoms with Gasteiger partial charge in [-0.1, -0.05) is 244 Å². The first-order valence-corrected chi connectivity index (χ1v) is 28.9. The Morgan fingerprint density at radius 3 is 1.10 bits per heavy atom. The number of esters is 2. The standard InChI is InChI=1S/C58H111NO8/c1-6-8-10-12-14-16-18-20-22-23-24-25-26-27-28-29-30-31-32-33-35-36-38-40-42-44-46-48-55(60)65-52-54(53-66-58(57(62)63)64-51-50-59(3,4)5)67-56(61)49-47-45-43-41-39-37-34-21-19-17-15-13-11-9-7-2/h21,34,54,58H,6-20,22-33,35-53H2,1-5H3/p+1/b34-21-. The smallest absolute Gasteiger partial charge is 0.361 e. The highest BCUT2D eigenvalue weighted by Gasteiger charge is 2.25. The number of ether oxygens (including phenoxy) is 4. The zero-order chi connectivity index (χ0) is 49.2. The second-order valence-corrected chi connectivity index (χ2v) is 21.0. The van der Waals surface area contributed by atoms with Gasteiger partial charge >= 0.3 is 17.9 Å². The van der Waals surface area contributed by atoms with Crippen LogP contribution >= 0.6 is 0 Å². The van der Waals surface area contributed by atoms with Crippen molar-refractivity contribution in [1.29, 1.82) is 0 Å². The Labute approximate surface area is 415 Å². The van der Waals surface area contributed by atoms with Gasteiger partial charge in [0.2, 0.25) is 0 Å². The second-order valence-electron chi connectivity index (χ2n) is 21.0. The van der Waals surface area contributed by atoms with E-state index in [1.807, 2.05) is 21.1 Å². The summed E-state index contributed by atoms with van der Waals surface area (Å²) in [5.74, 6) is -2.00. The van der Waals surface area contributed by atoms with Crippen LogP contribution in [0.1, 0.15) is 284 Å². The maximum absolute atomic E-state index is 12.8. The highest BCUT2D eigenvalue weighted by atomic mass is 16.7. The zero-order valence-corrected chi connectivity index (χ0v) is 45.1. The molecule has 0 heterocycles. The summed E-state index contributed by atoms with van der Waals surface area (Å²) in [5, 5.41) is 9.68. The lowest BCUT2D eigenvalue weighted by Crippen LogP contribution is -2.40. The van der Waals surface area contributed by atoms with E-state index in [9.17, 15) is 19.5 Å². The van der Waals surface area contributed by atoms with E-state index in [4.69, 9.17) is 18.9 Å². The summed E-state index contributed by atoms with van der Waals surface area (Å²) in [7, 11) is 5.97. The van der Waals surface area contributed by atoms with Crippen LogP contribution in [0.4, 0.5) is 0 Å². The van der Waals surface area contributed by atoms with Crippen LogP contribution in [-0.2, 0) is 33.3 Å². The van der Waals surface area contributed by atoms with Crippen LogP contribution in [0, 0.1) is 0 Å². The highest BCUT2D eigenvalue weighted by Crippen LogP contribution is 2.17. The summed E-state index contributed by atoms with van der Waals surface area (Å²) in [5.41, 5.74) is 0. The lowest BCUT2D eigenvalue weighted by molar-refractivity contribution is -0.870. The molecule has 1 N–H and O–H groups in total. The normalized spacial score (nSPS) is 12.8. The van der Waals surface area contributed by atoms with Gasteiger partial charge in [0, 0.05) is 12.8 Å². The Balaban J connectivity index is 4.13. The molecule has 9 nitrogen and oxygen atoms in total. The van der Waals surface area contributed by atoms with Crippen LogP contribution in [-0.4, -0.2) is 87.4 Å². The quantitative estimate of drug-likeness (QED) is 0.0211. The fourth-order valence-corrected chi connectivity index (χ4v) is 8.54. The van der Waals surface area contributed by atoms with Crippen molar-refractivity contribution in [1.82, 2.24) is 0 Å². The summed E-state index contributed by atoms with van der Waals surface area (Å²) in [4.78, 5) is 37.3. The first kappa shape index (κ1) is 65.0. The van der Waals surface area contributed by atoms with E-state index in [1.54, 1.807) is 0 Å². The molecule has 0 spiro atoms. The van der Waals surface area contributed by atoms with E-state index in [0.29, 0.717) is 23.9 Å². The molecule has 0 aromatic rings. The monoisotopic (exact) mass is 951 g/mol. The van der Waals surface area contributed by atoms with Gasteiger partial charge in [-0.05, 0) is 38.5 Å². The molecule has 0 saturated carbocycles. The minimum Gasteiger partial charge on any atom is -0.477 e. The van der Waals surface area contributed by atoms with E-state index in [1.165, 1.54) is 199 Å². The van der Waals surface area contributed by atoms with E-state index in [2.05, 4.69) is 26.0 Å². The number of quaternary nitrogens is 1. The van der Waals surface area contributed by atoms with Gasteiger partial charge < -0.3 is 28.5 Å². The number of aliphatic carboxylic acids is 1. The molecule has 0 aromatic heterocycles. The van der Waals surface area contributed by atoms with Crippen molar-refractivity contribution in [2.24, 2.45) is 0 Å². The van der Waals surface area contributed by atoms with Crippen molar-refractivity contribution in [3.63, 3.8) is 0 Å². The molecule has 0 aliphatic carbocycles. The molecule has 2 atom stereocenters. The summed E-state index contributed by atoms with van der Waals surface area (Å²) < 4.78 is 22.9. The van der Waals surface area contributed by atoms with Crippen LogP contribution < -0.4 is 0 Å². The maximum atomic E-state index is 12.8. The molecule has 67 heavy (non-hydrogen) atoms. The average Bonchev–Trinajstić information content (AvgIpc) is 3.29. The number of hydrogen-bond acceptors (Lipinski definition) is 7. The summed E-state index contributed by atoms with van der Waals surface area (Å²) in [6.07, 6.45) is 54.4. The summed E-state index contributed by atoms with van der Waals surface area (Å²) in [6.45, 7) is 4.91. The molecule has 0 amide bonds. The fraction of sp³-hybridized carbons (Fsp3) is 0.914. The number of carbonyl (C=O) groups is 3. The van der Waals surface area contributed by atoms with E-state index in [0.717, 1.165) is 51.4 Å². The van der Waals surface area contributed by atoms with Crippen molar-refractivity contribution in [3.8, 4) is 0 Å². The predicted molar refractivity (Wildman–Crippen MR) is 281 cm³/mol.